The molecule has 17 heteroatoms. The zero-order valence-corrected chi connectivity index (χ0v) is 20.6. The van der Waals surface area contributed by atoms with Gasteiger partial charge < -0.3 is 35.6 Å². The van der Waals surface area contributed by atoms with Crippen LogP contribution in [0, 0.1) is 0 Å². The van der Waals surface area contributed by atoms with E-state index in [9.17, 15) is 29.3 Å². The van der Waals surface area contributed by atoms with Gasteiger partial charge in [0.1, 0.15) is 36.2 Å². The molecule has 0 saturated carbocycles. The molecule has 6 atom stereocenters. The lowest BCUT2D eigenvalue weighted by Crippen LogP contribution is -2.40. The van der Waals surface area contributed by atoms with Crippen molar-refractivity contribution in [3.8, 4) is 0 Å². The van der Waals surface area contributed by atoms with E-state index < -0.39 is 50.9 Å². The zero-order valence-electron chi connectivity index (χ0n) is 19.7. The van der Waals surface area contributed by atoms with E-state index in [1.165, 1.54) is 31.3 Å². The first-order valence-electron chi connectivity index (χ1n) is 11.1. The first kappa shape index (κ1) is 27.9. The Morgan fingerprint density at radius 2 is 2.03 bits per heavy atom. The molecule has 0 aliphatic carbocycles. The van der Waals surface area contributed by atoms with E-state index in [-0.39, 0.29) is 30.3 Å². The maximum atomic E-state index is 12.3. The first-order chi connectivity index (χ1) is 17.0. The van der Waals surface area contributed by atoms with Crippen molar-refractivity contribution < 1.29 is 43.3 Å². The number of aliphatic hydroxyl groups is 2. The lowest BCUT2D eigenvalue weighted by Gasteiger charge is -2.19. The number of ether oxygens (including phenoxy) is 2. The van der Waals surface area contributed by atoms with Gasteiger partial charge in [-0.2, -0.15) is 0 Å². The van der Waals surface area contributed by atoms with E-state index in [4.69, 9.17) is 15.0 Å². The topological polar surface area (TPSA) is 233 Å². The third-order valence-electron chi connectivity index (χ3n) is 5.51. The molecule has 0 aromatic carbocycles. The monoisotopic (exact) mass is 531 g/mol. The third kappa shape index (κ3) is 6.73. The number of carbonyl (C=O) groups excluding carboxylic acids is 2. The Balaban J connectivity index is 1.47. The molecule has 36 heavy (non-hydrogen) atoms. The number of imidazole rings is 1. The molecule has 3 heterocycles. The molecular weight excluding hydrogens is 501 g/mol. The Hall–Kier alpha value is -2.72. The highest BCUT2D eigenvalue weighted by atomic mass is 31.2. The molecule has 1 amide bonds. The number of aliphatic hydroxyl groups excluding tert-OH is 2. The molecule has 1 aliphatic rings. The molecule has 16 nitrogen and oxygen atoms in total. The highest BCUT2D eigenvalue weighted by molar-refractivity contribution is 7.50. The number of unbranched alkanes of at least 4 members (excludes halogenated alkanes) is 1. The molecule has 1 aliphatic heterocycles. The second kappa shape index (κ2) is 12.0. The fourth-order valence-corrected chi connectivity index (χ4v) is 4.58. The zero-order chi connectivity index (χ0) is 26.5. The number of nitrogens with two attached hydrogens (primary N) is 1. The summed E-state index contributed by atoms with van der Waals surface area (Å²) in [7, 11) is -3.05. The van der Waals surface area contributed by atoms with Crippen molar-refractivity contribution >= 4 is 36.6 Å². The first-order valence-corrected chi connectivity index (χ1v) is 12.6. The number of nitrogens with one attached hydrogen (secondary N) is 2. The molecule has 200 valence electrons. The van der Waals surface area contributed by atoms with Crippen molar-refractivity contribution in [3.63, 3.8) is 0 Å². The quantitative estimate of drug-likeness (QED) is 0.105. The number of hydrogen-bond acceptors (Lipinski definition) is 12. The molecule has 1 saturated heterocycles. The van der Waals surface area contributed by atoms with Gasteiger partial charge >= 0.3 is 13.7 Å². The minimum absolute atomic E-state index is 0.0726. The smallest absolute Gasteiger partial charge is 0.403 e. The molecule has 3 rings (SSSR count). The number of hydrogen-bond donors (Lipinski definition) is 6. The molecule has 0 radical (unpaired) electrons. The summed E-state index contributed by atoms with van der Waals surface area (Å²) in [6.07, 6.45) is -1.37. The standard InChI is InChI=1S/C19H30N7O9P/c1-10(27)25-11(19(30)33-2)5-3-4-6-24-36(31,32)34-7-12-14(28)15(29)18(35-12)26-9-23-13-16(20)21-8-22-17(13)26/h8-9,11-12,14-15,18,28-29H,3-7H2,1-2H3,(H,25,27)(H2,20,21,22)(H2,24,31,32)/t11-,12+,14+,15+,18+/m0/s1. The predicted octanol–water partition coefficient (Wildman–Crippen LogP) is -1.42. The summed E-state index contributed by atoms with van der Waals surface area (Å²) in [5.41, 5.74) is 6.34. The van der Waals surface area contributed by atoms with E-state index in [1.54, 1.807) is 0 Å². The molecule has 0 bridgehead atoms. The molecule has 2 aromatic heterocycles. The van der Waals surface area contributed by atoms with Crippen LogP contribution in [0.3, 0.4) is 0 Å². The van der Waals surface area contributed by atoms with Gasteiger partial charge in [0.25, 0.3) is 0 Å². The van der Waals surface area contributed by atoms with E-state index in [0.717, 1.165) is 0 Å². The van der Waals surface area contributed by atoms with Gasteiger partial charge in [-0.1, -0.05) is 0 Å². The summed E-state index contributed by atoms with van der Waals surface area (Å²) in [5.74, 6) is -0.821. The van der Waals surface area contributed by atoms with Gasteiger partial charge in [0.05, 0.1) is 20.0 Å². The van der Waals surface area contributed by atoms with Crippen molar-refractivity contribution in [1.29, 1.82) is 0 Å². The predicted molar refractivity (Wildman–Crippen MR) is 123 cm³/mol. The van der Waals surface area contributed by atoms with E-state index in [2.05, 4.69) is 30.1 Å². The molecule has 2 aromatic rings. The van der Waals surface area contributed by atoms with E-state index >= 15 is 0 Å². The molecular formula is C19H30N7O9P. The van der Waals surface area contributed by atoms with Crippen LogP contribution >= 0.6 is 7.75 Å². The van der Waals surface area contributed by atoms with Crippen LogP contribution in [0.4, 0.5) is 5.82 Å². The van der Waals surface area contributed by atoms with Gasteiger partial charge in [-0.05, 0) is 19.3 Å². The number of anilines is 1. The van der Waals surface area contributed by atoms with E-state index in [1.807, 2.05) is 0 Å². The summed E-state index contributed by atoms with van der Waals surface area (Å²) >= 11 is 0. The Labute approximate surface area is 205 Å². The van der Waals surface area contributed by atoms with Crippen LogP contribution in [0.1, 0.15) is 32.4 Å². The van der Waals surface area contributed by atoms with Crippen molar-refractivity contribution in [1.82, 2.24) is 29.9 Å². The fraction of sp³-hybridized carbons (Fsp3) is 0.632. The normalized spacial score (nSPS) is 24.4. The summed E-state index contributed by atoms with van der Waals surface area (Å²) in [4.78, 5) is 44.9. The van der Waals surface area contributed by atoms with Crippen LogP contribution in [0.5, 0.6) is 0 Å². The van der Waals surface area contributed by atoms with Crippen molar-refractivity contribution in [2.45, 2.75) is 56.8 Å². The van der Waals surface area contributed by atoms with Gasteiger partial charge in [0.15, 0.2) is 17.7 Å². The van der Waals surface area contributed by atoms with Crippen LogP contribution in [0.15, 0.2) is 12.7 Å². The highest BCUT2D eigenvalue weighted by Gasteiger charge is 2.45. The van der Waals surface area contributed by atoms with Crippen LogP contribution in [-0.4, -0.2) is 91.1 Å². The number of nitrogen functional groups attached to an aromatic ring is 1. The maximum absolute atomic E-state index is 12.3. The lowest BCUT2D eigenvalue weighted by atomic mass is 10.1. The number of fused-ring (bicyclic) bond motifs is 1. The molecule has 0 spiro atoms. The van der Waals surface area contributed by atoms with Crippen LogP contribution in [0.2, 0.25) is 0 Å². The van der Waals surface area contributed by atoms with Gasteiger partial charge in [-0.15, -0.1) is 0 Å². The Bertz CT molecular complexity index is 1120. The fourth-order valence-electron chi connectivity index (χ4n) is 3.70. The Morgan fingerprint density at radius 1 is 1.28 bits per heavy atom. The third-order valence-corrected chi connectivity index (χ3v) is 6.63. The molecule has 7 N–H and O–H groups in total. The highest BCUT2D eigenvalue weighted by Crippen LogP contribution is 2.39. The molecule has 1 unspecified atom stereocenters. The summed E-state index contributed by atoms with van der Waals surface area (Å²) < 4.78 is 29.0. The van der Waals surface area contributed by atoms with Crippen LogP contribution in [0.25, 0.3) is 11.2 Å². The molecule has 1 fully saturated rings. The van der Waals surface area contributed by atoms with Crippen LogP contribution < -0.4 is 16.1 Å². The number of nitrogens with zero attached hydrogens (tertiary/aromatic N) is 4. The second-order valence-electron chi connectivity index (χ2n) is 8.13. The minimum atomic E-state index is -4.27. The van der Waals surface area contributed by atoms with Crippen molar-refractivity contribution in [2.24, 2.45) is 0 Å². The number of rotatable bonds is 12. The Morgan fingerprint density at radius 3 is 2.72 bits per heavy atom. The largest absolute Gasteiger partial charge is 0.467 e. The van der Waals surface area contributed by atoms with Gasteiger partial charge in [-0.25, -0.2) is 29.4 Å². The second-order valence-corrected chi connectivity index (χ2v) is 9.74. The van der Waals surface area contributed by atoms with Gasteiger partial charge in [0.2, 0.25) is 5.91 Å². The Kier molecular flexibility index (Phi) is 9.30. The van der Waals surface area contributed by atoms with Gasteiger partial charge in [0, 0.05) is 13.5 Å². The van der Waals surface area contributed by atoms with E-state index in [0.29, 0.717) is 18.4 Å². The summed E-state index contributed by atoms with van der Waals surface area (Å²) in [5, 5.41) is 25.7. The summed E-state index contributed by atoms with van der Waals surface area (Å²) in [6, 6.07) is -0.805. The number of carbonyl (C=O) groups is 2. The maximum Gasteiger partial charge on any atom is 0.403 e. The minimum Gasteiger partial charge on any atom is -0.467 e. The summed E-state index contributed by atoms with van der Waals surface area (Å²) in [6.45, 7) is 0.861. The van der Waals surface area contributed by atoms with Crippen molar-refractivity contribution in [2.75, 3.05) is 26.0 Å². The SMILES string of the molecule is COC(=O)[C@H](CCCCNP(=O)(O)OC[C@H]1O[C@@H](n2cnc3c(N)ncnc32)[C@H](O)[C@@H]1O)NC(C)=O. The number of esters is 1. The number of amides is 1. The van der Waals surface area contributed by atoms with Crippen LogP contribution in [-0.2, 0) is 28.2 Å². The average molecular weight is 531 g/mol. The average Bonchev–Trinajstić information content (AvgIpc) is 3.38. The lowest BCUT2D eigenvalue weighted by molar-refractivity contribution is -0.145. The van der Waals surface area contributed by atoms with Gasteiger partial charge in [-0.3, -0.25) is 13.9 Å². The number of aromatic nitrogens is 4. The van der Waals surface area contributed by atoms with Crippen molar-refractivity contribution in [3.05, 3.63) is 12.7 Å². The number of methoxy groups -OCH3 is 1.